The van der Waals surface area contributed by atoms with E-state index in [9.17, 15) is 8.42 Å². The summed E-state index contributed by atoms with van der Waals surface area (Å²) < 4.78 is 26.8. The number of hydrogen-bond donors (Lipinski definition) is 0. The van der Waals surface area contributed by atoms with Crippen molar-refractivity contribution in [1.29, 1.82) is 0 Å². The van der Waals surface area contributed by atoms with Gasteiger partial charge >= 0.3 is 0 Å². The lowest BCUT2D eigenvalue weighted by atomic mass is 9.80. The Labute approximate surface area is 169 Å². The second-order valence-electron chi connectivity index (χ2n) is 8.32. The average Bonchev–Trinajstić information content (AvgIpc) is 2.68. The van der Waals surface area contributed by atoms with Gasteiger partial charge in [-0.15, -0.1) is 0 Å². The molecular formula is C21H33ClN2O2S. The summed E-state index contributed by atoms with van der Waals surface area (Å²) in [6.45, 7) is 4.44. The molecule has 1 heterocycles. The fourth-order valence-electron chi connectivity index (χ4n) is 4.48. The lowest BCUT2D eigenvalue weighted by Gasteiger charge is -2.34. The summed E-state index contributed by atoms with van der Waals surface area (Å²) in [6.07, 6.45) is 10.2. The van der Waals surface area contributed by atoms with E-state index in [1.807, 2.05) is 0 Å². The molecule has 0 amide bonds. The molecule has 0 radical (unpaired) electrons. The molecule has 2 aliphatic rings. The Morgan fingerprint density at radius 1 is 1.00 bits per heavy atom. The van der Waals surface area contributed by atoms with Crippen molar-refractivity contribution in [2.75, 3.05) is 33.2 Å². The van der Waals surface area contributed by atoms with Crippen LogP contribution in [0.25, 0.3) is 0 Å². The van der Waals surface area contributed by atoms with E-state index in [0.717, 1.165) is 12.3 Å². The van der Waals surface area contributed by atoms with Gasteiger partial charge in [0.05, 0.1) is 4.90 Å². The van der Waals surface area contributed by atoms with E-state index in [2.05, 4.69) is 4.90 Å². The average molecular weight is 413 g/mol. The Bertz CT molecular complexity index is 679. The third-order valence-electron chi connectivity index (χ3n) is 6.31. The molecule has 27 heavy (non-hydrogen) atoms. The van der Waals surface area contributed by atoms with Crippen molar-refractivity contribution < 1.29 is 8.42 Å². The van der Waals surface area contributed by atoms with Crippen LogP contribution in [0.15, 0.2) is 29.2 Å². The largest absolute Gasteiger partial charge is 0.303 e. The zero-order valence-corrected chi connectivity index (χ0v) is 18.0. The van der Waals surface area contributed by atoms with Gasteiger partial charge < -0.3 is 4.90 Å². The molecule has 0 atom stereocenters. The monoisotopic (exact) mass is 412 g/mol. The summed E-state index contributed by atoms with van der Waals surface area (Å²) in [5.41, 5.74) is 0. The molecule has 2 fully saturated rings. The van der Waals surface area contributed by atoms with Crippen molar-refractivity contribution in [2.24, 2.45) is 11.8 Å². The maximum absolute atomic E-state index is 12.7. The minimum Gasteiger partial charge on any atom is -0.303 e. The molecule has 3 rings (SSSR count). The maximum Gasteiger partial charge on any atom is 0.242 e. The summed E-state index contributed by atoms with van der Waals surface area (Å²) in [5, 5.41) is 0.554. The van der Waals surface area contributed by atoms with E-state index in [1.54, 1.807) is 31.3 Å². The van der Waals surface area contributed by atoms with Crippen LogP contribution in [0.1, 0.15) is 51.4 Å². The fraction of sp³-hybridized carbons (Fsp3) is 0.714. The Balaban J connectivity index is 1.42. The van der Waals surface area contributed by atoms with Crippen molar-refractivity contribution >= 4 is 21.6 Å². The number of halogens is 1. The quantitative estimate of drug-likeness (QED) is 0.654. The van der Waals surface area contributed by atoms with Crippen molar-refractivity contribution in [2.45, 2.75) is 56.3 Å². The molecule has 1 aliphatic carbocycles. The van der Waals surface area contributed by atoms with Crippen LogP contribution in [-0.4, -0.2) is 50.8 Å². The molecular weight excluding hydrogens is 380 g/mol. The van der Waals surface area contributed by atoms with Gasteiger partial charge in [-0.1, -0.05) is 30.9 Å². The highest BCUT2D eigenvalue weighted by Crippen LogP contribution is 2.32. The molecule has 4 nitrogen and oxygen atoms in total. The first-order valence-corrected chi connectivity index (χ1v) is 12.2. The third-order valence-corrected chi connectivity index (χ3v) is 8.43. The number of likely N-dealkylation sites (tertiary alicyclic amines) is 1. The molecule has 1 aliphatic heterocycles. The van der Waals surface area contributed by atoms with Crippen molar-refractivity contribution in [3.05, 3.63) is 29.3 Å². The predicted molar refractivity (Wildman–Crippen MR) is 112 cm³/mol. The summed E-state index contributed by atoms with van der Waals surface area (Å²) in [7, 11) is -1.73. The second-order valence-corrected chi connectivity index (χ2v) is 10.8. The van der Waals surface area contributed by atoms with Crippen LogP contribution in [0, 0.1) is 11.8 Å². The summed E-state index contributed by atoms with van der Waals surface area (Å²) in [4.78, 5) is 2.97. The lowest BCUT2D eigenvalue weighted by molar-refractivity contribution is 0.156. The summed E-state index contributed by atoms with van der Waals surface area (Å²) in [5.74, 6) is 1.50. The topological polar surface area (TPSA) is 40.6 Å². The second kappa shape index (κ2) is 9.73. The van der Waals surface area contributed by atoms with E-state index >= 15 is 0 Å². The van der Waals surface area contributed by atoms with Crippen molar-refractivity contribution in [3.63, 3.8) is 0 Å². The normalized spacial score (nSPS) is 25.0. The van der Waals surface area contributed by atoms with Gasteiger partial charge in [0, 0.05) is 25.2 Å². The number of hydrogen-bond acceptors (Lipinski definition) is 3. The van der Waals surface area contributed by atoms with E-state index < -0.39 is 10.0 Å². The molecule has 0 bridgehead atoms. The van der Waals surface area contributed by atoms with Crippen LogP contribution >= 0.6 is 11.6 Å². The molecule has 1 saturated carbocycles. The molecule has 6 heteroatoms. The van der Waals surface area contributed by atoms with Crippen LogP contribution in [0.3, 0.4) is 0 Å². The first-order chi connectivity index (χ1) is 12.9. The Kier molecular flexibility index (Phi) is 7.60. The number of nitrogens with zero attached hydrogens (tertiary/aromatic N) is 2. The Hall–Kier alpha value is -0.620. The Morgan fingerprint density at radius 2 is 1.59 bits per heavy atom. The molecule has 1 aromatic carbocycles. The molecule has 0 aromatic heterocycles. The van der Waals surface area contributed by atoms with E-state index in [0.29, 0.717) is 22.4 Å². The number of rotatable bonds is 7. The first-order valence-electron chi connectivity index (χ1n) is 10.4. The Morgan fingerprint density at radius 3 is 2.22 bits per heavy atom. The van der Waals surface area contributed by atoms with Crippen molar-refractivity contribution in [1.82, 2.24) is 9.21 Å². The van der Waals surface area contributed by atoms with Crippen molar-refractivity contribution in [3.8, 4) is 0 Å². The van der Waals surface area contributed by atoms with Gasteiger partial charge in [-0.2, -0.15) is 0 Å². The highest BCUT2D eigenvalue weighted by Gasteiger charge is 2.26. The molecule has 0 N–H and O–H groups in total. The van der Waals surface area contributed by atoms with Gasteiger partial charge in [0.1, 0.15) is 0 Å². The van der Waals surface area contributed by atoms with E-state index in [1.165, 1.54) is 68.9 Å². The molecule has 0 unspecified atom stereocenters. The molecule has 152 valence electrons. The van der Waals surface area contributed by atoms with Crippen LogP contribution in [0.4, 0.5) is 0 Å². The van der Waals surface area contributed by atoms with Crippen LogP contribution in [0.5, 0.6) is 0 Å². The minimum absolute atomic E-state index is 0.319. The number of piperidine rings is 1. The SMILES string of the molecule is CN(CC[C@H]1CC[C@H](CN2CCCCC2)CC1)S(=O)(=O)c1ccc(Cl)cc1. The highest BCUT2D eigenvalue weighted by atomic mass is 35.5. The predicted octanol–water partition coefficient (Wildman–Crippen LogP) is 4.64. The molecule has 1 saturated heterocycles. The first kappa shape index (κ1) is 21.1. The van der Waals surface area contributed by atoms with E-state index in [-0.39, 0.29) is 0 Å². The van der Waals surface area contributed by atoms with Gasteiger partial charge in [0.2, 0.25) is 10.0 Å². The van der Waals surface area contributed by atoms with Crippen LogP contribution in [-0.2, 0) is 10.0 Å². The highest BCUT2D eigenvalue weighted by molar-refractivity contribution is 7.89. The zero-order chi connectivity index (χ0) is 19.3. The van der Waals surface area contributed by atoms with Gasteiger partial charge in [-0.3, -0.25) is 0 Å². The van der Waals surface area contributed by atoms with E-state index in [4.69, 9.17) is 11.6 Å². The minimum atomic E-state index is -3.42. The number of sulfonamides is 1. The van der Waals surface area contributed by atoms with Crippen LogP contribution in [0.2, 0.25) is 5.02 Å². The summed E-state index contributed by atoms with van der Waals surface area (Å²) in [6, 6.07) is 6.43. The summed E-state index contributed by atoms with van der Waals surface area (Å²) >= 11 is 5.87. The maximum atomic E-state index is 12.7. The smallest absolute Gasteiger partial charge is 0.242 e. The van der Waals surface area contributed by atoms with Gasteiger partial charge in [-0.25, -0.2) is 12.7 Å². The molecule has 0 spiro atoms. The fourth-order valence-corrected chi connectivity index (χ4v) is 5.79. The third kappa shape index (κ3) is 5.93. The van der Waals surface area contributed by atoms with Crippen LogP contribution < -0.4 is 0 Å². The standard InChI is InChI=1S/C21H33ClN2O2S/c1-23(27(25,26)21-11-9-20(22)10-12-21)16-13-18-5-7-19(8-6-18)17-24-14-3-2-4-15-24/h9-12,18-19H,2-8,13-17H2,1H3/t18-,19-. The zero-order valence-electron chi connectivity index (χ0n) is 16.4. The van der Waals surface area contributed by atoms with Gasteiger partial charge in [-0.05, 0) is 81.3 Å². The lowest BCUT2D eigenvalue weighted by Crippen LogP contribution is -2.35. The van der Waals surface area contributed by atoms with Gasteiger partial charge in [0.25, 0.3) is 0 Å². The number of benzene rings is 1. The molecule has 1 aromatic rings. The van der Waals surface area contributed by atoms with Gasteiger partial charge in [0.15, 0.2) is 0 Å².